The molecule has 0 aromatic carbocycles. The van der Waals surface area contributed by atoms with Gasteiger partial charge in [-0.25, -0.2) is 9.18 Å². The van der Waals surface area contributed by atoms with Crippen molar-refractivity contribution in [3.8, 4) is 0 Å². The van der Waals surface area contributed by atoms with E-state index in [1.807, 2.05) is 5.32 Å². The van der Waals surface area contributed by atoms with Gasteiger partial charge in [-0.1, -0.05) is 0 Å². The third-order valence-corrected chi connectivity index (χ3v) is 1.95. The Morgan fingerprint density at radius 2 is 2.00 bits per heavy atom. The van der Waals surface area contributed by atoms with Crippen molar-refractivity contribution in [2.45, 2.75) is 12.5 Å². The normalized spacial score (nSPS) is 11.6. The highest BCUT2D eigenvalue weighted by Crippen LogP contribution is 2.02. The van der Waals surface area contributed by atoms with Gasteiger partial charge in [-0.05, 0) is 6.07 Å². The molecule has 0 unspecified atom stereocenters. The van der Waals surface area contributed by atoms with Crippen LogP contribution in [-0.4, -0.2) is 39.1 Å². The average molecular weight is 256 g/mol. The number of carbonyl (C=O) groups excluding carboxylic acids is 1. The van der Waals surface area contributed by atoms with Crippen molar-refractivity contribution in [3.63, 3.8) is 0 Å². The predicted octanol–water partition coefficient (Wildman–Crippen LogP) is -0.122. The number of carboxylic acids is 2. The summed E-state index contributed by atoms with van der Waals surface area (Å²) in [6.45, 7) is 0. The topological polar surface area (TPSA) is 117 Å². The Morgan fingerprint density at radius 1 is 1.33 bits per heavy atom. The van der Waals surface area contributed by atoms with Crippen LogP contribution in [0.2, 0.25) is 0 Å². The number of amides is 1. The van der Waals surface area contributed by atoms with Gasteiger partial charge < -0.3 is 15.5 Å². The zero-order valence-electron chi connectivity index (χ0n) is 8.96. The molecule has 1 amide bonds. The van der Waals surface area contributed by atoms with Gasteiger partial charge in [0.05, 0.1) is 18.2 Å². The highest BCUT2D eigenvalue weighted by atomic mass is 19.1. The molecule has 96 valence electrons. The molecule has 1 rings (SSSR count). The number of nitrogens with one attached hydrogen (secondary N) is 1. The third-order valence-electron chi connectivity index (χ3n) is 1.95. The zero-order valence-corrected chi connectivity index (χ0v) is 8.96. The number of nitrogens with zero attached hydrogens (tertiary/aromatic N) is 1. The Hall–Kier alpha value is -2.51. The van der Waals surface area contributed by atoms with Gasteiger partial charge in [-0.2, -0.15) is 0 Å². The van der Waals surface area contributed by atoms with Crippen molar-refractivity contribution in [3.05, 3.63) is 29.8 Å². The summed E-state index contributed by atoms with van der Waals surface area (Å²) < 4.78 is 12.8. The summed E-state index contributed by atoms with van der Waals surface area (Å²) in [4.78, 5) is 36.0. The van der Waals surface area contributed by atoms with Crippen LogP contribution in [0, 0.1) is 5.82 Å². The number of pyridine rings is 1. The van der Waals surface area contributed by atoms with Crippen LogP contribution in [0.15, 0.2) is 18.5 Å². The summed E-state index contributed by atoms with van der Waals surface area (Å²) in [6, 6.07) is -0.722. The van der Waals surface area contributed by atoms with Gasteiger partial charge in [-0.3, -0.25) is 14.6 Å². The van der Waals surface area contributed by atoms with E-state index in [2.05, 4.69) is 4.98 Å². The Labute approximate surface area is 100 Å². The van der Waals surface area contributed by atoms with Crippen LogP contribution < -0.4 is 5.32 Å². The molecule has 0 saturated carbocycles. The number of rotatable bonds is 5. The molecule has 0 radical (unpaired) electrons. The van der Waals surface area contributed by atoms with Gasteiger partial charge >= 0.3 is 11.9 Å². The molecular formula is C10H9FN2O5. The lowest BCUT2D eigenvalue weighted by molar-refractivity contribution is -0.145. The van der Waals surface area contributed by atoms with Gasteiger partial charge in [0.25, 0.3) is 5.91 Å². The Bertz CT molecular complexity index is 491. The van der Waals surface area contributed by atoms with Crippen LogP contribution in [0.5, 0.6) is 0 Å². The van der Waals surface area contributed by atoms with Crippen molar-refractivity contribution in [2.75, 3.05) is 0 Å². The fraction of sp³-hybridized carbons (Fsp3) is 0.200. The maximum Gasteiger partial charge on any atom is 0.326 e. The minimum absolute atomic E-state index is 0.188. The van der Waals surface area contributed by atoms with E-state index in [4.69, 9.17) is 10.2 Å². The van der Waals surface area contributed by atoms with Crippen LogP contribution in [0.1, 0.15) is 16.8 Å². The highest BCUT2D eigenvalue weighted by Gasteiger charge is 2.23. The first kappa shape index (κ1) is 13.6. The van der Waals surface area contributed by atoms with Gasteiger partial charge in [0.2, 0.25) is 0 Å². The number of carbonyl (C=O) groups is 3. The van der Waals surface area contributed by atoms with Crippen LogP contribution in [0.25, 0.3) is 0 Å². The number of halogens is 1. The van der Waals surface area contributed by atoms with Crippen LogP contribution in [0.4, 0.5) is 4.39 Å². The van der Waals surface area contributed by atoms with Crippen molar-refractivity contribution in [2.24, 2.45) is 0 Å². The minimum atomic E-state index is -1.58. The largest absolute Gasteiger partial charge is 0.481 e. The number of aromatic nitrogens is 1. The lowest BCUT2D eigenvalue weighted by Gasteiger charge is -2.12. The molecule has 7 nitrogen and oxygen atoms in total. The SMILES string of the molecule is O=C(O)C[C@H](NC(=O)c1cncc(F)c1)C(=O)O. The Morgan fingerprint density at radius 3 is 2.50 bits per heavy atom. The number of hydrogen-bond donors (Lipinski definition) is 3. The van der Waals surface area contributed by atoms with E-state index in [0.717, 1.165) is 18.5 Å². The quantitative estimate of drug-likeness (QED) is 0.676. The highest BCUT2D eigenvalue weighted by molar-refractivity contribution is 5.97. The second-order valence-corrected chi connectivity index (χ2v) is 3.35. The molecule has 1 aromatic rings. The van der Waals surface area contributed by atoms with E-state index in [-0.39, 0.29) is 5.56 Å². The molecule has 0 bridgehead atoms. The maximum absolute atomic E-state index is 12.8. The van der Waals surface area contributed by atoms with E-state index in [1.165, 1.54) is 0 Å². The first-order valence-corrected chi connectivity index (χ1v) is 4.76. The predicted molar refractivity (Wildman–Crippen MR) is 55.3 cm³/mol. The van der Waals surface area contributed by atoms with Gasteiger partial charge in [0.1, 0.15) is 11.9 Å². The zero-order chi connectivity index (χ0) is 13.7. The second kappa shape index (κ2) is 5.71. The summed E-state index contributed by atoms with van der Waals surface area (Å²) in [7, 11) is 0. The monoisotopic (exact) mass is 256 g/mol. The van der Waals surface area contributed by atoms with Crippen molar-refractivity contribution in [1.82, 2.24) is 10.3 Å². The molecule has 0 aliphatic rings. The lowest BCUT2D eigenvalue weighted by Crippen LogP contribution is -2.42. The molecule has 0 fully saturated rings. The molecule has 8 heteroatoms. The standard InChI is InChI=1S/C10H9FN2O5/c11-6-1-5(3-12-4-6)9(16)13-7(10(17)18)2-8(14)15/h1,3-4,7H,2H2,(H,13,16)(H,14,15)(H,17,18)/t7-/m0/s1. The number of hydrogen-bond acceptors (Lipinski definition) is 4. The molecular weight excluding hydrogens is 247 g/mol. The minimum Gasteiger partial charge on any atom is -0.481 e. The van der Waals surface area contributed by atoms with E-state index in [1.54, 1.807) is 0 Å². The number of carboxylic acid groups (broad SMARTS) is 2. The van der Waals surface area contributed by atoms with E-state index >= 15 is 0 Å². The Balaban J connectivity index is 2.78. The lowest BCUT2D eigenvalue weighted by atomic mass is 10.2. The van der Waals surface area contributed by atoms with Crippen molar-refractivity contribution < 1.29 is 29.0 Å². The maximum atomic E-state index is 12.8. The van der Waals surface area contributed by atoms with E-state index in [9.17, 15) is 18.8 Å². The summed E-state index contributed by atoms with van der Waals surface area (Å²) in [5.41, 5.74) is -0.188. The Kier molecular flexibility index (Phi) is 4.30. The fourth-order valence-corrected chi connectivity index (χ4v) is 1.15. The van der Waals surface area contributed by atoms with Gasteiger partial charge in [-0.15, -0.1) is 0 Å². The molecule has 1 aromatic heterocycles. The smallest absolute Gasteiger partial charge is 0.326 e. The average Bonchev–Trinajstić information content (AvgIpc) is 2.27. The van der Waals surface area contributed by atoms with Gasteiger partial charge in [0, 0.05) is 6.20 Å². The van der Waals surface area contributed by atoms with Crippen LogP contribution in [0.3, 0.4) is 0 Å². The van der Waals surface area contributed by atoms with Crippen LogP contribution >= 0.6 is 0 Å². The molecule has 1 heterocycles. The van der Waals surface area contributed by atoms with E-state index < -0.39 is 36.1 Å². The molecule has 0 spiro atoms. The summed E-state index contributed by atoms with van der Waals surface area (Å²) in [5.74, 6) is -4.53. The summed E-state index contributed by atoms with van der Waals surface area (Å²) in [6.07, 6.45) is 1.14. The van der Waals surface area contributed by atoms with E-state index in [0.29, 0.717) is 0 Å². The molecule has 1 atom stereocenters. The van der Waals surface area contributed by atoms with Crippen molar-refractivity contribution in [1.29, 1.82) is 0 Å². The molecule has 3 N–H and O–H groups in total. The molecule has 0 aliphatic heterocycles. The second-order valence-electron chi connectivity index (χ2n) is 3.35. The number of aliphatic carboxylic acids is 2. The third kappa shape index (κ3) is 3.81. The molecule has 18 heavy (non-hydrogen) atoms. The van der Waals surface area contributed by atoms with Crippen LogP contribution in [-0.2, 0) is 9.59 Å². The molecule has 0 aliphatic carbocycles. The molecule has 0 saturated heterocycles. The summed E-state index contributed by atoms with van der Waals surface area (Å²) in [5, 5.41) is 19.1. The van der Waals surface area contributed by atoms with Crippen molar-refractivity contribution >= 4 is 17.8 Å². The first-order chi connectivity index (χ1) is 8.40. The fourth-order valence-electron chi connectivity index (χ4n) is 1.15. The first-order valence-electron chi connectivity index (χ1n) is 4.76. The van der Waals surface area contributed by atoms with Gasteiger partial charge in [0.15, 0.2) is 0 Å². The summed E-state index contributed by atoms with van der Waals surface area (Å²) >= 11 is 0.